The molecule has 7 heterocycles. The first-order valence-electron chi connectivity index (χ1n) is 14.5. The summed E-state index contributed by atoms with van der Waals surface area (Å²) in [6, 6.07) is 5.96. The minimum Gasteiger partial charge on any atom is -0.481 e. The molecule has 0 radical (unpaired) electrons. The Kier molecular flexibility index (Phi) is 6.13. The fourth-order valence-electron chi connectivity index (χ4n) is 7.47. The second-order valence-corrected chi connectivity index (χ2v) is 13.0. The Bertz CT molecular complexity index is 1690. The summed E-state index contributed by atoms with van der Waals surface area (Å²) in [6.07, 6.45) is 3.79. The Labute approximate surface area is 245 Å². The van der Waals surface area contributed by atoms with Gasteiger partial charge in [-0.25, -0.2) is 18.7 Å². The fraction of sp³-hybridized carbons (Fsp3) is 0.517. The smallest absolute Gasteiger partial charge is 0.319 e. The second kappa shape index (κ2) is 9.81. The number of hydrogen-bond donors (Lipinski definition) is 2. The van der Waals surface area contributed by atoms with Gasteiger partial charge in [-0.2, -0.15) is 9.97 Å². The van der Waals surface area contributed by atoms with Crippen LogP contribution in [0, 0.1) is 5.82 Å². The Morgan fingerprint density at radius 1 is 1.10 bits per heavy atom. The first-order valence-corrected chi connectivity index (χ1v) is 15.4. The van der Waals surface area contributed by atoms with Crippen LogP contribution >= 0.6 is 11.3 Å². The zero-order valence-corrected chi connectivity index (χ0v) is 24.1. The van der Waals surface area contributed by atoms with E-state index in [0.29, 0.717) is 75.7 Å². The van der Waals surface area contributed by atoms with Crippen LogP contribution in [0.2, 0.25) is 0 Å². The van der Waals surface area contributed by atoms with Crippen LogP contribution < -0.4 is 25.4 Å². The molecule has 13 heteroatoms. The molecule has 42 heavy (non-hydrogen) atoms. The monoisotopic (exact) mass is 594 g/mol. The predicted octanol–water partition coefficient (Wildman–Crippen LogP) is 3.93. The number of nitrogens with one attached hydrogen (secondary N) is 1. The largest absolute Gasteiger partial charge is 0.481 e. The van der Waals surface area contributed by atoms with E-state index in [1.165, 1.54) is 6.07 Å². The lowest BCUT2D eigenvalue weighted by molar-refractivity contribution is 0.107. The van der Waals surface area contributed by atoms with Crippen molar-refractivity contribution in [3.63, 3.8) is 0 Å². The van der Waals surface area contributed by atoms with Crippen LogP contribution in [0.15, 0.2) is 18.2 Å². The number of rotatable bonds is 6. The van der Waals surface area contributed by atoms with Gasteiger partial charge in [0, 0.05) is 49.3 Å². The number of piperazine rings is 1. The van der Waals surface area contributed by atoms with Gasteiger partial charge in [-0.1, -0.05) is 11.3 Å². The van der Waals surface area contributed by atoms with Crippen molar-refractivity contribution < 1.29 is 18.3 Å². The van der Waals surface area contributed by atoms with Gasteiger partial charge in [0.2, 0.25) is 5.88 Å². The lowest BCUT2D eigenvalue weighted by Crippen LogP contribution is -2.51. The van der Waals surface area contributed by atoms with Gasteiger partial charge in [0.15, 0.2) is 10.9 Å². The molecular formula is C29H32F2N8O2S. The molecule has 4 aromatic rings. The molecule has 8 rings (SSSR count). The van der Waals surface area contributed by atoms with Gasteiger partial charge >= 0.3 is 6.01 Å². The standard InChI is InChI=1S/C29H32F2N8O2S/c1-40-26-19(18-5-6-20(31)24-22(18)36-27(32)42-24)9-21-23(35-26)25(38-12-16-3-4-17(13-38)33-16)37-28(34-21)41-14-29-7-2-8-39(29)11-15(30)10-29/h5-6,9,15-17,33H,2-4,7-8,10-14H2,1H3,(H2,32,36)/t15-,16?,17?,29+/m1/s1. The third kappa shape index (κ3) is 4.23. The number of methoxy groups -OCH3 is 1. The highest BCUT2D eigenvalue weighted by Crippen LogP contribution is 2.42. The summed E-state index contributed by atoms with van der Waals surface area (Å²) in [5.41, 5.74) is 8.54. The average molecular weight is 595 g/mol. The molecule has 4 atom stereocenters. The number of aromatic nitrogens is 4. The van der Waals surface area contributed by atoms with Crippen LogP contribution in [0.4, 0.5) is 19.7 Å². The summed E-state index contributed by atoms with van der Waals surface area (Å²) in [5, 5.41) is 3.95. The van der Waals surface area contributed by atoms with Gasteiger partial charge in [-0.3, -0.25) is 4.90 Å². The number of thiazole rings is 1. The van der Waals surface area contributed by atoms with Crippen LogP contribution in [-0.4, -0.2) is 88.5 Å². The van der Waals surface area contributed by atoms with E-state index in [1.54, 1.807) is 13.2 Å². The minimum atomic E-state index is -0.843. The highest BCUT2D eigenvalue weighted by molar-refractivity contribution is 7.22. The average Bonchev–Trinajstić information content (AvgIpc) is 3.73. The molecule has 0 amide bonds. The number of pyridine rings is 1. The lowest BCUT2D eigenvalue weighted by Gasteiger charge is -2.34. The number of halogens is 2. The molecule has 2 bridgehead atoms. The first-order chi connectivity index (χ1) is 20.4. The molecular weight excluding hydrogens is 562 g/mol. The summed E-state index contributed by atoms with van der Waals surface area (Å²) in [4.78, 5) is 23.5. The Morgan fingerprint density at radius 3 is 2.74 bits per heavy atom. The van der Waals surface area contributed by atoms with Gasteiger partial charge in [0.25, 0.3) is 0 Å². The number of ether oxygens (including phenoxy) is 2. The van der Waals surface area contributed by atoms with Crippen LogP contribution in [-0.2, 0) is 0 Å². The SMILES string of the molecule is COc1nc2c(N3CC4CCC(C3)N4)nc(OC[C@@]34CCCN3C[C@H](F)C4)nc2cc1-c1ccc(F)c2sc(N)nc12. The van der Waals surface area contributed by atoms with Crippen molar-refractivity contribution >= 4 is 43.5 Å². The van der Waals surface area contributed by atoms with Crippen molar-refractivity contribution in [2.75, 3.05) is 50.5 Å². The molecule has 0 spiro atoms. The van der Waals surface area contributed by atoms with Gasteiger partial charge < -0.3 is 25.4 Å². The van der Waals surface area contributed by atoms with Crippen LogP contribution in [0.5, 0.6) is 11.9 Å². The topological polar surface area (TPSA) is 115 Å². The van der Waals surface area contributed by atoms with Gasteiger partial charge in [0.05, 0.1) is 28.4 Å². The number of nitrogens with zero attached hydrogens (tertiary/aromatic N) is 6. The van der Waals surface area contributed by atoms with E-state index in [-0.39, 0.29) is 22.5 Å². The molecule has 1 aromatic carbocycles. The molecule has 220 valence electrons. The minimum absolute atomic E-state index is 0.243. The van der Waals surface area contributed by atoms with Crippen molar-refractivity contribution in [2.45, 2.75) is 55.9 Å². The van der Waals surface area contributed by atoms with Crippen LogP contribution in [0.3, 0.4) is 0 Å². The third-order valence-electron chi connectivity index (χ3n) is 9.34. The first kappa shape index (κ1) is 26.2. The maximum atomic E-state index is 14.6. The number of alkyl halides is 1. The number of fused-ring (bicyclic) bond motifs is 5. The molecule has 4 saturated heterocycles. The summed E-state index contributed by atoms with van der Waals surface area (Å²) in [6.45, 7) is 3.27. The van der Waals surface area contributed by atoms with Crippen molar-refractivity contribution in [3.8, 4) is 23.0 Å². The van der Waals surface area contributed by atoms with Crippen LogP contribution in [0.25, 0.3) is 32.4 Å². The maximum Gasteiger partial charge on any atom is 0.319 e. The Morgan fingerprint density at radius 2 is 1.93 bits per heavy atom. The van der Waals surface area contributed by atoms with Crippen molar-refractivity contribution in [3.05, 3.63) is 24.0 Å². The van der Waals surface area contributed by atoms with E-state index >= 15 is 0 Å². The van der Waals surface area contributed by atoms with E-state index in [2.05, 4.69) is 20.1 Å². The zero-order chi connectivity index (χ0) is 28.6. The van der Waals surface area contributed by atoms with Gasteiger partial charge in [-0.15, -0.1) is 0 Å². The van der Waals surface area contributed by atoms with E-state index in [1.807, 2.05) is 6.07 Å². The third-order valence-corrected chi connectivity index (χ3v) is 10.2. The van der Waals surface area contributed by atoms with E-state index in [9.17, 15) is 8.78 Å². The summed E-state index contributed by atoms with van der Waals surface area (Å²) >= 11 is 1.10. The van der Waals surface area contributed by atoms with E-state index in [0.717, 1.165) is 56.7 Å². The normalized spacial score (nSPS) is 27.3. The fourth-order valence-corrected chi connectivity index (χ4v) is 8.23. The number of anilines is 2. The number of nitrogen functional groups attached to an aromatic ring is 1. The molecule has 2 unspecified atom stereocenters. The van der Waals surface area contributed by atoms with Crippen molar-refractivity contribution in [2.24, 2.45) is 0 Å². The zero-order valence-electron chi connectivity index (χ0n) is 23.3. The van der Waals surface area contributed by atoms with Crippen molar-refractivity contribution in [1.82, 2.24) is 30.2 Å². The number of nitrogens with two attached hydrogens (primary N) is 1. The summed E-state index contributed by atoms with van der Waals surface area (Å²) in [7, 11) is 1.56. The molecule has 3 aromatic heterocycles. The molecule has 4 aliphatic heterocycles. The highest BCUT2D eigenvalue weighted by Gasteiger charge is 2.49. The molecule has 0 aliphatic carbocycles. The molecule has 3 N–H and O–H groups in total. The number of benzene rings is 1. The van der Waals surface area contributed by atoms with Gasteiger partial charge in [0.1, 0.15) is 24.1 Å². The molecule has 0 saturated carbocycles. The Balaban J connectivity index is 1.25. The Hall–Kier alpha value is -3.42. The highest BCUT2D eigenvalue weighted by atomic mass is 32.1. The van der Waals surface area contributed by atoms with Crippen LogP contribution in [0.1, 0.15) is 32.1 Å². The van der Waals surface area contributed by atoms with Gasteiger partial charge in [-0.05, 0) is 50.4 Å². The lowest BCUT2D eigenvalue weighted by atomic mass is 9.95. The predicted molar refractivity (Wildman–Crippen MR) is 158 cm³/mol. The maximum absolute atomic E-state index is 14.6. The molecule has 4 aliphatic rings. The van der Waals surface area contributed by atoms with Crippen molar-refractivity contribution in [1.29, 1.82) is 0 Å². The summed E-state index contributed by atoms with van der Waals surface area (Å²) < 4.78 is 41.5. The second-order valence-electron chi connectivity index (χ2n) is 12.0. The quantitative estimate of drug-likeness (QED) is 0.340. The number of hydrogen-bond acceptors (Lipinski definition) is 11. The van der Waals surface area contributed by atoms with E-state index < -0.39 is 6.17 Å². The summed E-state index contributed by atoms with van der Waals surface area (Å²) in [5.74, 6) is 0.669. The molecule has 4 fully saturated rings. The van der Waals surface area contributed by atoms with E-state index in [4.69, 9.17) is 30.2 Å². The molecule has 10 nitrogen and oxygen atoms in total.